The van der Waals surface area contributed by atoms with Crippen LogP contribution in [0.4, 0.5) is 0 Å². The van der Waals surface area contributed by atoms with E-state index in [2.05, 4.69) is 31.3 Å². The average molecular weight is 772 g/mol. The van der Waals surface area contributed by atoms with E-state index >= 15 is 0 Å². The Hall–Kier alpha value is -1.02. The summed E-state index contributed by atoms with van der Waals surface area (Å²) >= 11 is 0. The largest absolute Gasteiger partial charge is 0.472 e. The fraction of sp³-hybridized carbons (Fsp3) is 0.886. The Kier molecular flexibility index (Phi) is 35.9. The highest BCUT2D eigenvalue weighted by Gasteiger charge is 2.27. The molecule has 0 aromatic rings. The second-order valence-corrected chi connectivity index (χ2v) is 17.9. The third kappa shape index (κ3) is 39.0. The quantitative estimate of drug-likeness (QED) is 0.0248. The molecular weight excluding hydrogens is 683 g/mol. The van der Waals surface area contributed by atoms with E-state index in [4.69, 9.17) is 9.05 Å². The van der Waals surface area contributed by atoms with Crippen LogP contribution in [0.25, 0.3) is 0 Å². The molecule has 0 spiro atoms. The van der Waals surface area contributed by atoms with E-state index in [-0.39, 0.29) is 19.1 Å². The summed E-state index contributed by atoms with van der Waals surface area (Å²) in [6, 6.07) is -0.857. The molecule has 0 aromatic heterocycles. The zero-order chi connectivity index (χ0) is 39.3. The van der Waals surface area contributed by atoms with Crippen molar-refractivity contribution in [3.63, 3.8) is 0 Å². The summed E-state index contributed by atoms with van der Waals surface area (Å²) in [6.07, 6.45) is 42.4. The molecule has 53 heavy (non-hydrogen) atoms. The molecule has 0 rings (SSSR count). The van der Waals surface area contributed by atoms with Crippen LogP contribution in [0.2, 0.25) is 0 Å². The number of aliphatic hydroxyl groups excluding tert-OH is 1. The lowest BCUT2D eigenvalue weighted by Crippen LogP contribution is -2.45. The van der Waals surface area contributed by atoms with Gasteiger partial charge in [0.15, 0.2) is 0 Å². The lowest BCUT2D eigenvalue weighted by molar-refractivity contribution is -0.870. The number of carbonyl (C=O) groups is 1. The van der Waals surface area contributed by atoms with Crippen molar-refractivity contribution in [2.45, 2.75) is 212 Å². The van der Waals surface area contributed by atoms with Crippen LogP contribution in [0.15, 0.2) is 24.3 Å². The van der Waals surface area contributed by atoms with E-state index in [0.717, 1.165) is 38.5 Å². The topological polar surface area (TPSA) is 105 Å². The summed E-state index contributed by atoms with van der Waals surface area (Å²) in [6.45, 7) is 4.80. The molecule has 0 aliphatic carbocycles. The SMILES string of the molecule is CCCCCCCCCCCC/C=C/CC/C=C/C(O)C(COP(=O)(O)OCC[N+](C)(C)C)NC(=O)CCCCCCCCCCCCCCCCC. The first-order chi connectivity index (χ1) is 25.5. The molecule has 0 bridgehead atoms. The van der Waals surface area contributed by atoms with Gasteiger partial charge in [0, 0.05) is 6.42 Å². The molecule has 0 radical (unpaired) electrons. The first-order valence-electron chi connectivity index (χ1n) is 22.2. The van der Waals surface area contributed by atoms with Crippen LogP contribution < -0.4 is 5.32 Å². The van der Waals surface area contributed by atoms with E-state index in [0.29, 0.717) is 17.4 Å². The van der Waals surface area contributed by atoms with Gasteiger partial charge in [-0.1, -0.05) is 186 Å². The van der Waals surface area contributed by atoms with E-state index in [9.17, 15) is 19.4 Å². The van der Waals surface area contributed by atoms with Crippen LogP contribution in [0.5, 0.6) is 0 Å². The standard InChI is InChI=1S/C44H87N2O6P/c1-6-8-10-12-14-16-18-20-22-24-25-27-29-31-33-35-37-43(47)42(41-52-53(49,50)51-40-39-46(3,4)5)45-44(48)38-36-34-32-30-28-26-23-21-19-17-15-13-11-9-7-2/h27,29,35,37,42-43,47H,6-26,28,30-34,36,38-41H2,1-5H3,(H-,45,48,49,50)/p+1/b29-27+,37-35+. The Morgan fingerprint density at radius 1 is 0.623 bits per heavy atom. The lowest BCUT2D eigenvalue weighted by atomic mass is 10.0. The number of nitrogens with zero attached hydrogens (tertiary/aromatic N) is 1. The Labute approximate surface area is 328 Å². The summed E-state index contributed by atoms with van der Waals surface area (Å²) < 4.78 is 23.5. The molecular formula is C44H88N2O6P+. The van der Waals surface area contributed by atoms with Crippen LogP contribution >= 0.6 is 7.82 Å². The molecule has 8 nitrogen and oxygen atoms in total. The smallest absolute Gasteiger partial charge is 0.387 e. The maximum Gasteiger partial charge on any atom is 0.472 e. The molecule has 3 atom stereocenters. The average Bonchev–Trinajstić information content (AvgIpc) is 3.10. The molecule has 0 heterocycles. The number of unbranched alkanes of at least 4 members (excludes halogenated alkanes) is 25. The maximum atomic E-state index is 12.8. The highest BCUT2D eigenvalue weighted by Crippen LogP contribution is 2.43. The number of allylic oxidation sites excluding steroid dienone is 3. The number of phosphoric acid groups is 1. The van der Waals surface area contributed by atoms with Crippen molar-refractivity contribution < 1.29 is 32.9 Å². The summed E-state index contributed by atoms with van der Waals surface area (Å²) in [5.74, 6) is -0.186. The summed E-state index contributed by atoms with van der Waals surface area (Å²) in [4.78, 5) is 23.1. The Balaban J connectivity index is 4.47. The third-order valence-electron chi connectivity index (χ3n) is 9.92. The molecule has 1 amide bonds. The highest BCUT2D eigenvalue weighted by atomic mass is 31.2. The molecule has 0 fully saturated rings. The number of amides is 1. The normalized spacial score (nSPS) is 14.6. The number of hydrogen-bond donors (Lipinski definition) is 3. The number of hydrogen-bond acceptors (Lipinski definition) is 5. The van der Waals surface area contributed by atoms with E-state index < -0.39 is 20.0 Å². The van der Waals surface area contributed by atoms with Crippen LogP contribution in [-0.2, 0) is 18.4 Å². The third-order valence-corrected chi connectivity index (χ3v) is 10.9. The molecule has 0 saturated carbocycles. The van der Waals surface area contributed by atoms with Gasteiger partial charge in [-0.05, 0) is 32.1 Å². The predicted octanol–water partition coefficient (Wildman–Crippen LogP) is 12.1. The number of quaternary nitrogens is 1. The molecule has 0 aliphatic rings. The van der Waals surface area contributed by atoms with Gasteiger partial charge >= 0.3 is 7.82 Å². The maximum absolute atomic E-state index is 12.8. The Morgan fingerprint density at radius 3 is 1.51 bits per heavy atom. The zero-order valence-electron chi connectivity index (χ0n) is 35.5. The minimum atomic E-state index is -4.34. The summed E-state index contributed by atoms with van der Waals surface area (Å²) in [5, 5.41) is 13.8. The van der Waals surface area contributed by atoms with E-state index in [1.807, 2.05) is 27.2 Å². The molecule has 0 saturated heterocycles. The number of rotatable bonds is 40. The number of nitrogens with one attached hydrogen (secondary N) is 1. The van der Waals surface area contributed by atoms with Crippen LogP contribution in [0, 0.1) is 0 Å². The van der Waals surface area contributed by atoms with Crippen molar-refractivity contribution in [3.8, 4) is 0 Å². The first-order valence-corrected chi connectivity index (χ1v) is 23.7. The molecule has 0 aliphatic heterocycles. The minimum Gasteiger partial charge on any atom is -0.387 e. The van der Waals surface area contributed by atoms with Gasteiger partial charge in [0.1, 0.15) is 13.2 Å². The fourth-order valence-corrected chi connectivity index (χ4v) is 7.09. The van der Waals surface area contributed by atoms with Crippen molar-refractivity contribution in [2.75, 3.05) is 40.9 Å². The Bertz CT molecular complexity index is 922. The Morgan fingerprint density at radius 2 is 1.04 bits per heavy atom. The number of aliphatic hydroxyl groups is 1. The fourth-order valence-electron chi connectivity index (χ4n) is 6.35. The minimum absolute atomic E-state index is 0.0582. The second-order valence-electron chi connectivity index (χ2n) is 16.4. The molecule has 314 valence electrons. The second kappa shape index (κ2) is 36.6. The molecule has 3 N–H and O–H groups in total. The first kappa shape index (κ1) is 52.0. The molecule has 3 unspecified atom stereocenters. The summed E-state index contributed by atoms with van der Waals surface area (Å²) in [5.41, 5.74) is 0. The van der Waals surface area contributed by atoms with Crippen molar-refractivity contribution in [2.24, 2.45) is 0 Å². The van der Waals surface area contributed by atoms with Gasteiger partial charge in [0.25, 0.3) is 0 Å². The molecule has 9 heteroatoms. The summed E-state index contributed by atoms with van der Waals surface area (Å²) in [7, 11) is 1.56. The zero-order valence-corrected chi connectivity index (χ0v) is 36.4. The van der Waals surface area contributed by atoms with Gasteiger partial charge in [-0.3, -0.25) is 13.8 Å². The van der Waals surface area contributed by atoms with Crippen LogP contribution in [0.1, 0.15) is 200 Å². The monoisotopic (exact) mass is 772 g/mol. The van der Waals surface area contributed by atoms with Gasteiger partial charge in [-0.15, -0.1) is 0 Å². The van der Waals surface area contributed by atoms with Crippen molar-refractivity contribution in [1.29, 1.82) is 0 Å². The van der Waals surface area contributed by atoms with Crippen molar-refractivity contribution in [1.82, 2.24) is 5.32 Å². The van der Waals surface area contributed by atoms with Crippen LogP contribution in [-0.4, -0.2) is 73.4 Å². The molecule has 0 aromatic carbocycles. The van der Waals surface area contributed by atoms with Gasteiger partial charge in [0.05, 0.1) is 39.9 Å². The van der Waals surface area contributed by atoms with E-state index in [1.165, 1.54) is 141 Å². The van der Waals surface area contributed by atoms with Gasteiger partial charge < -0.3 is 19.8 Å². The predicted molar refractivity (Wildman–Crippen MR) is 226 cm³/mol. The van der Waals surface area contributed by atoms with E-state index in [1.54, 1.807) is 6.08 Å². The van der Waals surface area contributed by atoms with Gasteiger partial charge in [0.2, 0.25) is 5.91 Å². The highest BCUT2D eigenvalue weighted by molar-refractivity contribution is 7.47. The van der Waals surface area contributed by atoms with Gasteiger partial charge in [-0.2, -0.15) is 0 Å². The van der Waals surface area contributed by atoms with Gasteiger partial charge in [-0.25, -0.2) is 4.57 Å². The van der Waals surface area contributed by atoms with Crippen molar-refractivity contribution >= 4 is 13.7 Å². The lowest BCUT2D eigenvalue weighted by Gasteiger charge is -2.25. The number of carbonyl (C=O) groups excluding carboxylic acids is 1. The number of likely N-dealkylation sites (N-methyl/N-ethyl adjacent to an activating group) is 1. The number of phosphoric ester groups is 1. The van der Waals surface area contributed by atoms with Crippen LogP contribution in [0.3, 0.4) is 0 Å². The van der Waals surface area contributed by atoms with Crippen molar-refractivity contribution in [3.05, 3.63) is 24.3 Å².